The van der Waals surface area contributed by atoms with E-state index < -0.39 is 0 Å². The van der Waals surface area contributed by atoms with Crippen LogP contribution in [-0.4, -0.2) is 27.6 Å². The van der Waals surface area contributed by atoms with E-state index in [0.717, 1.165) is 38.2 Å². The van der Waals surface area contributed by atoms with Crippen molar-refractivity contribution in [2.24, 2.45) is 5.92 Å². The van der Waals surface area contributed by atoms with E-state index in [4.69, 9.17) is 4.42 Å². The Balaban J connectivity index is 1.60. The molecule has 0 N–H and O–H groups in total. The van der Waals surface area contributed by atoms with Crippen LogP contribution in [0.2, 0.25) is 0 Å². The van der Waals surface area contributed by atoms with Crippen LogP contribution < -0.4 is 10.5 Å². The largest absolute Gasteiger partial charge is 0.432 e. The second-order valence-corrected chi connectivity index (χ2v) is 6.20. The summed E-state index contributed by atoms with van der Waals surface area (Å²) in [6.45, 7) is 6.66. The Kier molecular flexibility index (Phi) is 4.27. The van der Waals surface area contributed by atoms with Crippen molar-refractivity contribution < 1.29 is 4.42 Å². The number of aromatic nitrogens is 3. The van der Waals surface area contributed by atoms with Gasteiger partial charge in [-0.1, -0.05) is 13.8 Å². The minimum absolute atomic E-state index is 0.0498. The van der Waals surface area contributed by atoms with E-state index in [-0.39, 0.29) is 11.5 Å². The molecule has 0 aromatic carbocycles. The zero-order chi connectivity index (χ0) is 15.5. The van der Waals surface area contributed by atoms with Crippen LogP contribution in [0.3, 0.4) is 0 Å². The van der Waals surface area contributed by atoms with Gasteiger partial charge in [0.05, 0.1) is 18.2 Å². The van der Waals surface area contributed by atoms with Gasteiger partial charge in [0.2, 0.25) is 0 Å². The molecule has 0 aliphatic carbocycles. The molecule has 1 fully saturated rings. The number of anilines is 1. The van der Waals surface area contributed by atoms with E-state index >= 15 is 0 Å². The first-order chi connectivity index (χ1) is 10.6. The summed E-state index contributed by atoms with van der Waals surface area (Å²) >= 11 is 0. The van der Waals surface area contributed by atoms with Crippen LogP contribution in [0, 0.1) is 5.92 Å². The SMILES string of the molecule is CC(C)c1cc(=O)n(CC2CCN(c3ncco3)CC2)cn1. The number of piperidine rings is 1. The first kappa shape index (κ1) is 14.8. The van der Waals surface area contributed by atoms with Gasteiger partial charge in [-0.05, 0) is 24.7 Å². The van der Waals surface area contributed by atoms with Crippen LogP contribution in [-0.2, 0) is 6.54 Å². The molecule has 1 aliphatic rings. The van der Waals surface area contributed by atoms with Crippen LogP contribution in [0.5, 0.6) is 0 Å². The second kappa shape index (κ2) is 6.34. The molecule has 0 amide bonds. The summed E-state index contributed by atoms with van der Waals surface area (Å²) in [6.07, 6.45) is 7.02. The standard InChI is InChI=1S/C16H22N4O2/c1-12(2)14-9-15(21)20(11-18-14)10-13-3-6-19(7-4-13)16-17-5-8-22-16/h5,8-9,11-13H,3-4,6-7,10H2,1-2H3. The van der Waals surface area contributed by atoms with Gasteiger partial charge in [-0.25, -0.2) is 9.97 Å². The van der Waals surface area contributed by atoms with E-state index in [1.165, 1.54) is 0 Å². The van der Waals surface area contributed by atoms with Crippen LogP contribution >= 0.6 is 0 Å². The molecule has 3 heterocycles. The molecule has 0 unspecified atom stereocenters. The third kappa shape index (κ3) is 3.21. The Morgan fingerprint density at radius 3 is 2.68 bits per heavy atom. The maximum Gasteiger partial charge on any atom is 0.297 e. The van der Waals surface area contributed by atoms with Crippen molar-refractivity contribution in [3.8, 4) is 0 Å². The summed E-state index contributed by atoms with van der Waals surface area (Å²) in [4.78, 5) is 22.9. The lowest BCUT2D eigenvalue weighted by atomic mass is 9.97. The summed E-state index contributed by atoms with van der Waals surface area (Å²) in [7, 11) is 0. The lowest BCUT2D eigenvalue weighted by Gasteiger charge is -2.31. The maximum absolute atomic E-state index is 12.2. The van der Waals surface area contributed by atoms with E-state index in [2.05, 4.69) is 14.9 Å². The van der Waals surface area contributed by atoms with Gasteiger partial charge in [-0.15, -0.1) is 0 Å². The molecule has 0 saturated carbocycles. The third-order valence-electron chi connectivity index (χ3n) is 4.25. The molecule has 6 nitrogen and oxygen atoms in total. The Hall–Kier alpha value is -2.11. The van der Waals surface area contributed by atoms with Crippen LogP contribution in [0.25, 0.3) is 0 Å². The quantitative estimate of drug-likeness (QED) is 0.867. The van der Waals surface area contributed by atoms with Crippen LogP contribution in [0.1, 0.15) is 38.3 Å². The van der Waals surface area contributed by atoms with Crippen LogP contribution in [0.4, 0.5) is 6.01 Å². The summed E-state index contributed by atoms with van der Waals surface area (Å²) in [5.74, 6) is 0.780. The first-order valence-electron chi connectivity index (χ1n) is 7.84. The molecular weight excluding hydrogens is 280 g/mol. The van der Waals surface area contributed by atoms with Crippen molar-refractivity contribution >= 4 is 6.01 Å². The molecule has 6 heteroatoms. The minimum atomic E-state index is 0.0498. The van der Waals surface area contributed by atoms with Crippen molar-refractivity contribution in [3.63, 3.8) is 0 Å². The van der Waals surface area contributed by atoms with Crippen molar-refractivity contribution in [2.45, 2.75) is 39.2 Å². The Bertz CT molecular complexity index is 655. The number of nitrogens with zero attached hydrogens (tertiary/aromatic N) is 4. The van der Waals surface area contributed by atoms with Gasteiger partial charge in [0.25, 0.3) is 11.6 Å². The highest BCUT2D eigenvalue weighted by molar-refractivity contribution is 5.25. The van der Waals surface area contributed by atoms with Crippen molar-refractivity contribution in [1.82, 2.24) is 14.5 Å². The minimum Gasteiger partial charge on any atom is -0.432 e. The lowest BCUT2D eigenvalue weighted by Crippen LogP contribution is -2.36. The molecule has 0 spiro atoms. The normalized spacial score (nSPS) is 16.4. The second-order valence-electron chi connectivity index (χ2n) is 6.20. The fourth-order valence-electron chi connectivity index (χ4n) is 2.85. The molecular formula is C16H22N4O2. The van der Waals surface area contributed by atoms with E-state index in [1.807, 2.05) is 13.8 Å². The third-order valence-corrected chi connectivity index (χ3v) is 4.25. The molecule has 1 aliphatic heterocycles. The predicted octanol–water partition coefficient (Wildman–Crippen LogP) is 2.27. The van der Waals surface area contributed by atoms with Gasteiger partial charge in [-0.2, -0.15) is 0 Å². The molecule has 118 valence electrons. The first-order valence-corrected chi connectivity index (χ1v) is 7.84. The van der Waals surface area contributed by atoms with Gasteiger partial charge >= 0.3 is 0 Å². The maximum atomic E-state index is 12.2. The fourth-order valence-corrected chi connectivity index (χ4v) is 2.85. The molecule has 22 heavy (non-hydrogen) atoms. The van der Waals surface area contributed by atoms with Crippen molar-refractivity contribution in [1.29, 1.82) is 0 Å². The molecule has 2 aromatic heterocycles. The Morgan fingerprint density at radius 1 is 1.32 bits per heavy atom. The molecule has 1 saturated heterocycles. The number of oxazole rings is 1. The molecule has 0 atom stereocenters. The van der Waals surface area contributed by atoms with Gasteiger partial charge in [0, 0.05) is 25.7 Å². The van der Waals surface area contributed by atoms with E-state index in [1.54, 1.807) is 29.4 Å². The van der Waals surface area contributed by atoms with Crippen molar-refractivity contribution in [3.05, 3.63) is 40.9 Å². The number of hydrogen-bond acceptors (Lipinski definition) is 5. The predicted molar refractivity (Wildman–Crippen MR) is 84.0 cm³/mol. The molecule has 2 aromatic rings. The highest BCUT2D eigenvalue weighted by Gasteiger charge is 2.22. The topological polar surface area (TPSA) is 64.2 Å². The number of hydrogen-bond donors (Lipinski definition) is 0. The Morgan fingerprint density at radius 2 is 2.09 bits per heavy atom. The summed E-state index contributed by atoms with van der Waals surface area (Å²) in [6, 6.07) is 2.35. The zero-order valence-electron chi connectivity index (χ0n) is 13.1. The average molecular weight is 302 g/mol. The summed E-state index contributed by atoms with van der Waals surface area (Å²) < 4.78 is 7.06. The van der Waals surface area contributed by atoms with E-state index in [0.29, 0.717) is 11.9 Å². The zero-order valence-corrected chi connectivity index (χ0v) is 13.1. The monoisotopic (exact) mass is 302 g/mol. The molecule has 0 bridgehead atoms. The highest BCUT2D eigenvalue weighted by atomic mass is 16.4. The summed E-state index contributed by atoms with van der Waals surface area (Å²) in [5.41, 5.74) is 0.911. The molecule has 0 radical (unpaired) electrons. The smallest absolute Gasteiger partial charge is 0.297 e. The lowest BCUT2D eigenvalue weighted by molar-refractivity contribution is 0.340. The number of rotatable bonds is 4. The summed E-state index contributed by atoms with van der Waals surface area (Å²) in [5, 5.41) is 0. The highest BCUT2D eigenvalue weighted by Crippen LogP contribution is 2.22. The fraction of sp³-hybridized carbons (Fsp3) is 0.562. The molecule has 3 rings (SSSR count). The van der Waals surface area contributed by atoms with Crippen molar-refractivity contribution in [2.75, 3.05) is 18.0 Å². The average Bonchev–Trinajstić information content (AvgIpc) is 3.04. The van der Waals surface area contributed by atoms with Gasteiger partial charge in [-0.3, -0.25) is 9.36 Å². The Labute approximate surface area is 129 Å². The van der Waals surface area contributed by atoms with Gasteiger partial charge in [0.1, 0.15) is 6.26 Å². The van der Waals surface area contributed by atoms with Crippen LogP contribution in [0.15, 0.2) is 34.1 Å². The van der Waals surface area contributed by atoms with Gasteiger partial charge < -0.3 is 9.32 Å². The van der Waals surface area contributed by atoms with E-state index in [9.17, 15) is 4.79 Å². The van der Waals surface area contributed by atoms with Gasteiger partial charge in [0.15, 0.2) is 0 Å².